The van der Waals surface area contributed by atoms with Crippen LogP contribution in [0, 0.1) is 6.92 Å². The zero-order valence-corrected chi connectivity index (χ0v) is 14.9. The van der Waals surface area contributed by atoms with Gasteiger partial charge in [-0.2, -0.15) is 5.10 Å². The average molecular weight is 365 g/mol. The lowest BCUT2D eigenvalue weighted by atomic mass is 10.3. The number of hydrogen-bond donors (Lipinski definition) is 3. The highest BCUT2D eigenvalue weighted by Crippen LogP contribution is 2.07. The highest BCUT2D eigenvalue weighted by Gasteiger charge is 2.10. The van der Waals surface area contributed by atoms with Gasteiger partial charge in [-0.05, 0) is 31.0 Å². The largest absolute Gasteiger partial charge is 0.338 e. The van der Waals surface area contributed by atoms with Crippen molar-refractivity contribution in [2.24, 2.45) is 0 Å². The Morgan fingerprint density at radius 2 is 1.88 bits per heavy atom. The third-order valence-corrected chi connectivity index (χ3v) is 4.60. The van der Waals surface area contributed by atoms with Crippen LogP contribution < -0.4 is 15.4 Å². The van der Waals surface area contributed by atoms with Crippen LogP contribution in [0.3, 0.4) is 0 Å². The summed E-state index contributed by atoms with van der Waals surface area (Å²) in [6.07, 6.45) is 4.46. The van der Waals surface area contributed by atoms with Gasteiger partial charge >= 0.3 is 6.03 Å². The molecule has 0 saturated heterocycles. The van der Waals surface area contributed by atoms with Gasteiger partial charge in [-0.15, -0.1) is 0 Å². The number of sulfonamides is 1. The summed E-state index contributed by atoms with van der Waals surface area (Å²) < 4.78 is 28.1. The normalized spacial score (nSPS) is 11.1. The van der Waals surface area contributed by atoms with E-state index in [9.17, 15) is 13.2 Å². The summed E-state index contributed by atoms with van der Waals surface area (Å²) in [6.45, 7) is 3.20. The van der Waals surface area contributed by atoms with Crippen LogP contribution in [0.1, 0.15) is 12.0 Å². The van der Waals surface area contributed by atoms with Gasteiger partial charge in [0.05, 0.1) is 11.9 Å². The lowest BCUT2D eigenvalue weighted by Gasteiger charge is -2.10. The Morgan fingerprint density at radius 1 is 1.16 bits per heavy atom. The number of hydrogen-bond acceptors (Lipinski definition) is 4. The Balaban J connectivity index is 1.59. The SMILES string of the molecule is Cc1cnn(CCCNC(=O)NCCS(=O)(=O)Nc2ccccc2)c1. The molecule has 0 fully saturated rings. The van der Waals surface area contributed by atoms with E-state index < -0.39 is 10.0 Å². The highest BCUT2D eigenvalue weighted by molar-refractivity contribution is 7.92. The van der Waals surface area contributed by atoms with Gasteiger partial charge in [0, 0.05) is 31.5 Å². The Kier molecular flexibility index (Phi) is 6.81. The molecule has 9 heteroatoms. The molecule has 0 aliphatic rings. The predicted octanol–water partition coefficient (Wildman–Crippen LogP) is 1.32. The minimum atomic E-state index is -3.49. The fourth-order valence-corrected chi connectivity index (χ4v) is 3.10. The second-order valence-corrected chi connectivity index (χ2v) is 7.45. The van der Waals surface area contributed by atoms with Crippen LogP contribution in [0.4, 0.5) is 10.5 Å². The molecule has 0 saturated carbocycles. The van der Waals surface area contributed by atoms with Crippen molar-refractivity contribution in [2.45, 2.75) is 19.9 Å². The summed E-state index contributed by atoms with van der Waals surface area (Å²) >= 11 is 0. The van der Waals surface area contributed by atoms with Crippen molar-refractivity contribution in [1.29, 1.82) is 0 Å². The Bertz CT molecular complexity index is 774. The zero-order chi connectivity index (χ0) is 18.1. The molecule has 0 bridgehead atoms. The molecule has 2 aromatic rings. The maximum absolute atomic E-state index is 11.9. The van der Waals surface area contributed by atoms with E-state index in [4.69, 9.17) is 0 Å². The van der Waals surface area contributed by atoms with E-state index in [2.05, 4.69) is 20.5 Å². The lowest BCUT2D eigenvalue weighted by Crippen LogP contribution is -2.39. The molecule has 1 heterocycles. The highest BCUT2D eigenvalue weighted by atomic mass is 32.2. The molecule has 0 atom stereocenters. The summed E-state index contributed by atoms with van der Waals surface area (Å²) in [5, 5.41) is 9.38. The van der Waals surface area contributed by atoms with Gasteiger partial charge in [-0.1, -0.05) is 18.2 Å². The Morgan fingerprint density at radius 3 is 2.56 bits per heavy atom. The number of rotatable bonds is 9. The first-order valence-electron chi connectivity index (χ1n) is 8.01. The van der Waals surface area contributed by atoms with Crippen molar-refractivity contribution >= 4 is 21.7 Å². The molecule has 136 valence electrons. The third-order valence-electron chi connectivity index (χ3n) is 3.32. The molecular weight excluding hydrogens is 342 g/mol. The van der Waals surface area contributed by atoms with Crippen LogP contribution >= 0.6 is 0 Å². The molecule has 25 heavy (non-hydrogen) atoms. The molecule has 0 spiro atoms. The van der Waals surface area contributed by atoms with E-state index in [1.807, 2.05) is 17.8 Å². The van der Waals surface area contributed by atoms with Gasteiger partial charge in [0.25, 0.3) is 0 Å². The number of carbonyl (C=O) groups is 1. The first-order valence-corrected chi connectivity index (χ1v) is 9.66. The number of amides is 2. The monoisotopic (exact) mass is 365 g/mol. The van der Waals surface area contributed by atoms with Crippen molar-refractivity contribution in [2.75, 3.05) is 23.6 Å². The maximum atomic E-state index is 11.9. The minimum absolute atomic E-state index is 0.0341. The van der Waals surface area contributed by atoms with E-state index in [0.717, 1.165) is 12.0 Å². The average Bonchev–Trinajstić information content (AvgIpc) is 2.97. The van der Waals surface area contributed by atoms with Crippen LogP contribution in [-0.2, 0) is 16.6 Å². The van der Waals surface area contributed by atoms with E-state index in [0.29, 0.717) is 18.8 Å². The van der Waals surface area contributed by atoms with Gasteiger partial charge < -0.3 is 10.6 Å². The molecule has 3 N–H and O–H groups in total. The third kappa shape index (κ3) is 7.25. The van der Waals surface area contributed by atoms with Crippen LogP contribution in [0.5, 0.6) is 0 Å². The Labute approximate surface area is 147 Å². The number of carbonyl (C=O) groups excluding carboxylic acids is 1. The van der Waals surface area contributed by atoms with Crippen molar-refractivity contribution in [3.63, 3.8) is 0 Å². The summed E-state index contributed by atoms with van der Waals surface area (Å²) in [7, 11) is -3.49. The second-order valence-electron chi connectivity index (χ2n) is 5.60. The quantitative estimate of drug-likeness (QED) is 0.583. The van der Waals surface area contributed by atoms with Crippen molar-refractivity contribution < 1.29 is 13.2 Å². The van der Waals surface area contributed by atoms with E-state index in [1.54, 1.807) is 36.5 Å². The van der Waals surface area contributed by atoms with Crippen molar-refractivity contribution in [3.05, 3.63) is 48.3 Å². The summed E-state index contributed by atoms with van der Waals surface area (Å²) in [5.74, 6) is -0.193. The summed E-state index contributed by atoms with van der Waals surface area (Å²) in [4.78, 5) is 11.6. The van der Waals surface area contributed by atoms with E-state index >= 15 is 0 Å². The maximum Gasteiger partial charge on any atom is 0.314 e. The summed E-state index contributed by atoms with van der Waals surface area (Å²) in [6, 6.07) is 8.24. The van der Waals surface area contributed by atoms with Gasteiger partial charge in [-0.3, -0.25) is 9.40 Å². The van der Waals surface area contributed by atoms with E-state index in [-0.39, 0.29) is 18.3 Å². The molecule has 0 radical (unpaired) electrons. The van der Waals surface area contributed by atoms with Gasteiger partial charge in [0.2, 0.25) is 10.0 Å². The lowest BCUT2D eigenvalue weighted by molar-refractivity contribution is 0.241. The molecular formula is C16H23N5O3S. The molecule has 1 aromatic heterocycles. The number of nitrogens with one attached hydrogen (secondary N) is 3. The van der Waals surface area contributed by atoms with E-state index in [1.165, 1.54) is 0 Å². The number of urea groups is 1. The fraction of sp³-hybridized carbons (Fsp3) is 0.375. The first-order chi connectivity index (χ1) is 11.9. The van der Waals surface area contributed by atoms with Gasteiger partial charge in [0.15, 0.2) is 0 Å². The number of benzene rings is 1. The fourth-order valence-electron chi connectivity index (χ4n) is 2.13. The second kappa shape index (κ2) is 9.07. The van der Waals surface area contributed by atoms with Crippen molar-refractivity contribution in [3.8, 4) is 0 Å². The Hall–Kier alpha value is -2.55. The standard InChI is InChI=1S/C16H23N5O3S/c1-14-12-19-21(13-14)10-5-8-17-16(22)18-9-11-25(23,24)20-15-6-3-2-4-7-15/h2-4,6-7,12-13,20H,5,8-11H2,1H3,(H2,17,18,22). The van der Waals surface area contributed by atoms with Crippen LogP contribution in [-0.4, -0.2) is 43.1 Å². The van der Waals surface area contributed by atoms with Crippen LogP contribution in [0.25, 0.3) is 0 Å². The minimum Gasteiger partial charge on any atom is -0.338 e. The molecule has 8 nitrogen and oxygen atoms in total. The molecule has 0 aliphatic carbocycles. The van der Waals surface area contributed by atoms with Crippen molar-refractivity contribution in [1.82, 2.24) is 20.4 Å². The molecule has 0 aliphatic heterocycles. The molecule has 2 rings (SSSR count). The number of aromatic nitrogens is 2. The number of para-hydroxylation sites is 1. The van der Waals surface area contributed by atoms with Crippen LogP contribution in [0.2, 0.25) is 0 Å². The van der Waals surface area contributed by atoms with Crippen LogP contribution in [0.15, 0.2) is 42.7 Å². The number of anilines is 1. The van der Waals surface area contributed by atoms with Gasteiger partial charge in [-0.25, -0.2) is 13.2 Å². The zero-order valence-electron chi connectivity index (χ0n) is 14.1. The summed E-state index contributed by atoms with van der Waals surface area (Å²) in [5.41, 5.74) is 1.59. The number of nitrogens with zero attached hydrogens (tertiary/aromatic N) is 2. The molecule has 0 unspecified atom stereocenters. The molecule has 1 aromatic carbocycles. The topological polar surface area (TPSA) is 105 Å². The smallest absolute Gasteiger partial charge is 0.314 e. The van der Waals surface area contributed by atoms with Gasteiger partial charge in [0.1, 0.15) is 0 Å². The molecule has 2 amide bonds. The predicted molar refractivity (Wildman–Crippen MR) is 96.8 cm³/mol. The first kappa shape index (κ1) is 18.8. The number of aryl methyl sites for hydroxylation is 2.